The highest BCUT2D eigenvalue weighted by atomic mass is 35.5. The van der Waals surface area contributed by atoms with Crippen molar-refractivity contribution in [2.45, 2.75) is 6.42 Å². The Hall–Kier alpha value is -2.20. The normalized spacial score (nSPS) is 10.1. The summed E-state index contributed by atoms with van der Waals surface area (Å²) in [6.45, 7) is 0.480. The molecule has 0 radical (unpaired) electrons. The van der Waals surface area contributed by atoms with Crippen molar-refractivity contribution in [2.75, 3.05) is 20.8 Å². The Morgan fingerprint density at radius 3 is 2.59 bits per heavy atom. The van der Waals surface area contributed by atoms with Gasteiger partial charge in [-0.15, -0.1) is 0 Å². The fourth-order valence-corrected chi connectivity index (χ4v) is 2.35. The zero-order chi connectivity index (χ0) is 15.9. The van der Waals surface area contributed by atoms with Gasteiger partial charge >= 0.3 is 0 Å². The second kappa shape index (κ2) is 7.71. The maximum absolute atomic E-state index is 12.1. The van der Waals surface area contributed by atoms with Crippen LogP contribution in [0.2, 0.25) is 5.02 Å². The first-order chi connectivity index (χ1) is 10.7. The Bertz CT molecular complexity index is 658. The minimum atomic E-state index is -0.188. The summed E-state index contributed by atoms with van der Waals surface area (Å²) in [5.74, 6) is 1.34. The first kappa shape index (κ1) is 16.2. The lowest BCUT2D eigenvalue weighted by molar-refractivity contribution is 0.0954. The minimum absolute atomic E-state index is 0.188. The maximum atomic E-state index is 12.1. The third kappa shape index (κ3) is 3.92. The van der Waals surface area contributed by atoms with E-state index in [2.05, 4.69) is 5.32 Å². The first-order valence-electron chi connectivity index (χ1n) is 6.89. The van der Waals surface area contributed by atoms with E-state index >= 15 is 0 Å². The second-order valence-corrected chi connectivity index (χ2v) is 5.07. The Morgan fingerprint density at radius 2 is 1.91 bits per heavy atom. The Labute approximate surface area is 135 Å². The van der Waals surface area contributed by atoms with Gasteiger partial charge in [-0.25, -0.2) is 0 Å². The number of amides is 1. The van der Waals surface area contributed by atoms with Crippen LogP contribution < -0.4 is 14.8 Å². The van der Waals surface area contributed by atoms with Gasteiger partial charge in [0.1, 0.15) is 11.5 Å². The third-order valence-electron chi connectivity index (χ3n) is 3.29. The fourth-order valence-electron chi connectivity index (χ4n) is 2.13. The Balaban J connectivity index is 1.99. The molecule has 0 aromatic heterocycles. The molecule has 0 aliphatic rings. The molecule has 0 aliphatic heterocycles. The molecule has 4 nitrogen and oxygen atoms in total. The fraction of sp³-hybridized carbons (Fsp3) is 0.235. The van der Waals surface area contributed by atoms with Crippen LogP contribution in [0, 0.1) is 0 Å². The van der Waals surface area contributed by atoms with Crippen LogP contribution in [0.5, 0.6) is 11.5 Å². The number of methoxy groups -OCH3 is 2. The van der Waals surface area contributed by atoms with Crippen LogP contribution in [0.3, 0.4) is 0 Å². The number of hydrogen-bond donors (Lipinski definition) is 1. The molecule has 1 N–H and O–H groups in total. The maximum Gasteiger partial charge on any atom is 0.252 e. The van der Waals surface area contributed by atoms with Crippen LogP contribution in [0.15, 0.2) is 42.5 Å². The van der Waals surface area contributed by atoms with E-state index in [0.717, 1.165) is 17.1 Å². The highest BCUT2D eigenvalue weighted by Crippen LogP contribution is 2.24. The molecular formula is C17H18ClNO3. The highest BCUT2D eigenvalue weighted by Gasteiger charge is 2.10. The minimum Gasteiger partial charge on any atom is -0.497 e. The molecule has 2 aromatic carbocycles. The van der Waals surface area contributed by atoms with E-state index in [0.29, 0.717) is 23.6 Å². The SMILES string of the molecule is COc1ccc(OC)c(CCNC(=O)c2ccccc2Cl)c1. The third-order valence-corrected chi connectivity index (χ3v) is 3.62. The molecule has 0 fully saturated rings. The number of halogens is 1. The van der Waals surface area contributed by atoms with Gasteiger partial charge in [-0.05, 0) is 42.3 Å². The molecular weight excluding hydrogens is 302 g/mol. The molecule has 0 unspecified atom stereocenters. The van der Waals surface area contributed by atoms with Gasteiger partial charge in [0.05, 0.1) is 24.8 Å². The number of carbonyl (C=O) groups excluding carboxylic acids is 1. The molecule has 22 heavy (non-hydrogen) atoms. The van der Waals surface area contributed by atoms with Crippen LogP contribution in [0.25, 0.3) is 0 Å². The van der Waals surface area contributed by atoms with Gasteiger partial charge in [0.25, 0.3) is 5.91 Å². The molecule has 116 valence electrons. The van der Waals surface area contributed by atoms with E-state index in [1.54, 1.807) is 38.5 Å². The van der Waals surface area contributed by atoms with Gasteiger partial charge in [0.2, 0.25) is 0 Å². The lowest BCUT2D eigenvalue weighted by Gasteiger charge is -2.11. The highest BCUT2D eigenvalue weighted by molar-refractivity contribution is 6.33. The molecule has 0 saturated heterocycles. The standard InChI is InChI=1S/C17H18ClNO3/c1-21-13-7-8-16(22-2)12(11-13)9-10-19-17(20)14-5-3-4-6-15(14)18/h3-8,11H,9-10H2,1-2H3,(H,19,20). The number of benzene rings is 2. The van der Waals surface area contributed by atoms with Gasteiger partial charge in [-0.3, -0.25) is 4.79 Å². The van der Waals surface area contributed by atoms with Gasteiger partial charge in [0.15, 0.2) is 0 Å². The number of rotatable bonds is 6. The van der Waals surface area contributed by atoms with Gasteiger partial charge in [0, 0.05) is 6.54 Å². The molecule has 0 saturated carbocycles. The summed E-state index contributed by atoms with van der Waals surface area (Å²) in [5.41, 5.74) is 1.45. The topological polar surface area (TPSA) is 47.6 Å². The molecule has 5 heteroatoms. The Kier molecular flexibility index (Phi) is 5.67. The van der Waals surface area contributed by atoms with Crippen molar-refractivity contribution in [3.8, 4) is 11.5 Å². The average Bonchev–Trinajstić information content (AvgIpc) is 2.55. The first-order valence-corrected chi connectivity index (χ1v) is 7.27. The van der Waals surface area contributed by atoms with Crippen LogP contribution in [0.1, 0.15) is 15.9 Å². The van der Waals surface area contributed by atoms with Crippen molar-refractivity contribution >= 4 is 17.5 Å². The quantitative estimate of drug-likeness (QED) is 0.888. The van der Waals surface area contributed by atoms with Crippen molar-refractivity contribution in [3.63, 3.8) is 0 Å². The van der Waals surface area contributed by atoms with Crippen LogP contribution in [-0.4, -0.2) is 26.7 Å². The molecule has 0 bridgehead atoms. The molecule has 1 amide bonds. The molecule has 2 rings (SSSR count). The van der Waals surface area contributed by atoms with Crippen LogP contribution >= 0.6 is 11.6 Å². The monoisotopic (exact) mass is 319 g/mol. The smallest absolute Gasteiger partial charge is 0.252 e. The number of carbonyl (C=O) groups is 1. The summed E-state index contributed by atoms with van der Waals surface area (Å²) in [5, 5.41) is 3.30. The Morgan fingerprint density at radius 1 is 1.14 bits per heavy atom. The summed E-state index contributed by atoms with van der Waals surface area (Å²) in [6, 6.07) is 12.6. The lowest BCUT2D eigenvalue weighted by Crippen LogP contribution is -2.26. The molecule has 0 heterocycles. The second-order valence-electron chi connectivity index (χ2n) is 4.66. The van der Waals surface area contributed by atoms with E-state index < -0.39 is 0 Å². The average molecular weight is 320 g/mol. The zero-order valence-corrected chi connectivity index (χ0v) is 13.3. The van der Waals surface area contributed by atoms with Crippen LogP contribution in [-0.2, 0) is 6.42 Å². The van der Waals surface area contributed by atoms with E-state index in [4.69, 9.17) is 21.1 Å². The van der Waals surface area contributed by atoms with Gasteiger partial charge in [-0.1, -0.05) is 23.7 Å². The van der Waals surface area contributed by atoms with Crippen molar-refractivity contribution in [1.82, 2.24) is 5.32 Å². The number of nitrogens with one attached hydrogen (secondary N) is 1. The van der Waals surface area contributed by atoms with Gasteiger partial charge in [-0.2, -0.15) is 0 Å². The predicted molar refractivity (Wildman–Crippen MR) is 87.0 cm³/mol. The van der Waals surface area contributed by atoms with Crippen molar-refractivity contribution in [2.24, 2.45) is 0 Å². The van der Waals surface area contributed by atoms with Crippen molar-refractivity contribution in [1.29, 1.82) is 0 Å². The molecule has 0 atom stereocenters. The number of ether oxygens (including phenoxy) is 2. The predicted octanol–water partition coefficient (Wildman–Crippen LogP) is 3.33. The van der Waals surface area contributed by atoms with E-state index in [1.807, 2.05) is 18.2 Å². The summed E-state index contributed by atoms with van der Waals surface area (Å²) in [4.78, 5) is 12.1. The van der Waals surface area contributed by atoms with Gasteiger partial charge < -0.3 is 14.8 Å². The number of hydrogen-bond acceptors (Lipinski definition) is 3. The van der Waals surface area contributed by atoms with E-state index in [9.17, 15) is 4.79 Å². The van der Waals surface area contributed by atoms with E-state index in [1.165, 1.54) is 0 Å². The zero-order valence-electron chi connectivity index (χ0n) is 12.6. The summed E-state index contributed by atoms with van der Waals surface area (Å²) in [7, 11) is 3.23. The molecule has 0 aliphatic carbocycles. The van der Waals surface area contributed by atoms with E-state index in [-0.39, 0.29) is 5.91 Å². The molecule has 2 aromatic rings. The summed E-state index contributed by atoms with van der Waals surface area (Å²) in [6.07, 6.45) is 0.635. The van der Waals surface area contributed by atoms with Crippen molar-refractivity contribution in [3.05, 3.63) is 58.6 Å². The van der Waals surface area contributed by atoms with Crippen molar-refractivity contribution < 1.29 is 14.3 Å². The summed E-state index contributed by atoms with van der Waals surface area (Å²) < 4.78 is 10.5. The summed E-state index contributed by atoms with van der Waals surface area (Å²) >= 11 is 6.00. The lowest BCUT2D eigenvalue weighted by atomic mass is 10.1. The van der Waals surface area contributed by atoms with Crippen LogP contribution in [0.4, 0.5) is 0 Å². The largest absolute Gasteiger partial charge is 0.497 e. The molecule has 0 spiro atoms.